The molecule has 2 saturated heterocycles. The van der Waals surface area contributed by atoms with E-state index >= 15 is 0 Å². The molecule has 2 atom stereocenters. The van der Waals surface area contributed by atoms with E-state index in [-0.39, 0.29) is 17.9 Å². The largest absolute Gasteiger partial charge is 0.469 e. The Balaban J connectivity index is 1.50. The standard InChI is InChI=1S/C30H39N3O5/c1-5-8-25(22-11-9-21(4)10-12-22)31-29(36)33-27(35)30(6-2,7-3)28(33)38-24-15-13-23(14-16-24)26(34)32-17-19-37-20-18-32/h9-16,25,28H,5-8,17-20H2,1-4H3,(H,31,36). The van der Waals surface area contributed by atoms with Crippen LogP contribution in [0.2, 0.25) is 0 Å². The van der Waals surface area contributed by atoms with Crippen LogP contribution in [0.4, 0.5) is 4.79 Å². The van der Waals surface area contributed by atoms with E-state index in [2.05, 4.69) is 12.2 Å². The van der Waals surface area contributed by atoms with Gasteiger partial charge in [0.2, 0.25) is 5.91 Å². The molecule has 2 unspecified atom stereocenters. The SMILES string of the molecule is CCCC(NC(=O)N1C(=O)C(CC)(CC)C1Oc1ccc(C(=O)N2CCOCC2)cc1)c1ccc(C)cc1. The van der Waals surface area contributed by atoms with Crippen LogP contribution in [0, 0.1) is 12.3 Å². The van der Waals surface area contributed by atoms with E-state index in [1.165, 1.54) is 4.90 Å². The van der Waals surface area contributed by atoms with Gasteiger partial charge in [0.15, 0.2) is 6.23 Å². The quantitative estimate of drug-likeness (QED) is 0.466. The number of likely N-dealkylation sites (tertiary alicyclic amines) is 1. The molecule has 2 aromatic rings. The van der Waals surface area contributed by atoms with Crippen LogP contribution in [0.25, 0.3) is 0 Å². The Labute approximate surface area is 225 Å². The monoisotopic (exact) mass is 521 g/mol. The number of carbonyl (C=O) groups is 3. The van der Waals surface area contributed by atoms with E-state index in [1.807, 2.05) is 45.0 Å². The molecule has 8 heteroatoms. The second-order valence-electron chi connectivity index (χ2n) is 10.1. The van der Waals surface area contributed by atoms with Crippen molar-refractivity contribution in [2.75, 3.05) is 26.3 Å². The minimum Gasteiger partial charge on any atom is -0.469 e. The van der Waals surface area contributed by atoms with Gasteiger partial charge in [0.25, 0.3) is 5.91 Å². The molecule has 2 fully saturated rings. The predicted molar refractivity (Wildman–Crippen MR) is 145 cm³/mol. The second kappa shape index (κ2) is 12.0. The Kier molecular flexibility index (Phi) is 8.72. The van der Waals surface area contributed by atoms with Gasteiger partial charge in [-0.1, -0.05) is 57.0 Å². The lowest BCUT2D eigenvalue weighted by molar-refractivity contribution is -0.191. The van der Waals surface area contributed by atoms with Crippen LogP contribution in [0.15, 0.2) is 48.5 Å². The minimum absolute atomic E-state index is 0.0470. The van der Waals surface area contributed by atoms with Gasteiger partial charge in [0, 0.05) is 18.7 Å². The second-order valence-corrected chi connectivity index (χ2v) is 10.1. The van der Waals surface area contributed by atoms with Crippen LogP contribution in [0.5, 0.6) is 5.75 Å². The van der Waals surface area contributed by atoms with Gasteiger partial charge in [-0.05, 0) is 56.0 Å². The number of hydrogen-bond donors (Lipinski definition) is 1. The molecule has 38 heavy (non-hydrogen) atoms. The first-order valence-corrected chi connectivity index (χ1v) is 13.7. The first-order chi connectivity index (χ1) is 18.3. The fraction of sp³-hybridized carbons (Fsp3) is 0.500. The molecule has 4 amide bonds. The lowest BCUT2D eigenvalue weighted by atomic mass is 9.72. The zero-order valence-corrected chi connectivity index (χ0v) is 22.9. The predicted octanol–water partition coefficient (Wildman–Crippen LogP) is 5.07. The van der Waals surface area contributed by atoms with Crippen molar-refractivity contribution >= 4 is 17.8 Å². The minimum atomic E-state index is -0.774. The lowest BCUT2D eigenvalue weighted by Gasteiger charge is -2.53. The average molecular weight is 522 g/mol. The van der Waals surface area contributed by atoms with Gasteiger partial charge >= 0.3 is 6.03 Å². The van der Waals surface area contributed by atoms with Crippen molar-refractivity contribution in [1.82, 2.24) is 15.1 Å². The van der Waals surface area contributed by atoms with Gasteiger partial charge in [0.1, 0.15) is 11.2 Å². The maximum Gasteiger partial charge on any atom is 0.327 e. The number of aryl methyl sites for hydroxylation is 1. The smallest absolute Gasteiger partial charge is 0.327 e. The number of amides is 4. The Morgan fingerprint density at radius 3 is 2.24 bits per heavy atom. The summed E-state index contributed by atoms with van der Waals surface area (Å²) in [6, 6.07) is 14.4. The molecular formula is C30H39N3O5. The van der Waals surface area contributed by atoms with Crippen LogP contribution in [0.3, 0.4) is 0 Å². The summed E-state index contributed by atoms with van der Waals surface area (Å²) in [6.45, 7) is 10.2. The molecule has 1 N–H and O–H groups in total. The summed E-state index contributed by atoms with van der Waals surface area (Å²) < 4.78 is 11.6. The van der Waals surface area contributed by atoms with E-state index < -0.39 is 17.7 Å². The summed E-state index contributed by atoms with van der Waals surface area (Å²) in [5.74, 6) is 0.242. The van der Waals surface area contributed by atoms with Crippen molar-refractivity contribution < 1.29 is 23.9 Å². The fourth-order valence-corrected chi connectivity index (χ4v) is 5.28. The summed E-state index contributed by atoms with van der Waals surface area (Å²) in [7, 11) is 0. The summed E-state index contributed by atoms with van der Waals surface area (Å²) in [4.78, 5) is 42.6. The molecule has 2 aliphatic rings. The third-order valence-electron chi connectivity index (χ3n) is 7.83. The molecule has 0 saturated carbocycles. The lowest BCUT2D eigenvalue weighted by Crippen LogP contribution is -2.73. The normalized spacial score (nSPS) is 19.5. The molecule has 2 heterocycles. The Morgan fingerprint density at radius 1 is 1.03 bits per heavy atom. The maximum atomic E-state index is 13.5. The first-order valence-electron chi connectivity index (χ1n) is 13.7. The third kappa shape index (κ3) is 5.41. The molecule has 2 aliphatic heterocycles. The summed E-state index contributed by atoms with van der Waals surface area (Å²) in [6.07, 6.45) is 2.02. The molecule has 8 nitrogen and oxygen atoms in total. The van der Waals surface area contributed by atoms with Crippen LogP contribution in [0.1, 0.15) is 74.0 Å². The Bertz CT molecular complexity index is 1120. The highest BCUT2D eigenvalue weighted by Crippen LogP contribution is 2.46. The number of benzene rings is 2. The number of urea groups is 1. The number of hydrogen-bond acceptors (Lipinski definition) is 5. The molecule has 2 aromatic carbocycles. The average Bonchev–Trinajstić information content (AvgIpc) is 2.94. The molecule has 0 bridgehead atoms. The highest BCUT2D eigenvalue weighted by atomic mass is 16.5. The number of β-lactam (4-membered cyclic amide) rings is 1. The van der Waals surface area contributed by atoms with Crippen LogP contribution >= 0.6 is 0 Å². The summed E-state index contributed by atoms with van der Waals surface area (Å²) in [5, 5.41) is 3.07. The summed E-state index contributed by atoms with van der Waals surface area (Å²) >= 11 is 0. The van der Waals surface area contributed by atoms with Crippen molar-refractivity contribution in [1.29, 1.82) is 0 Å². The molecule has 4 rings (SSSR count). The maximum absolute atomic E-state index is 13.5. The topological polar surface area (TPSA) is 88.2 Å². The van der Waals surface area contributed by atoms with E-state index in [0.717, 1.165) is 24.0 Å². The zero-order valence-electron chi connectivity index (χ0n) is 22.9. The highest BCUT2D eigenvalue weighted by molar-refractivity contribution is 6.03. The van der Waals surface area contributed by atoms with Gasteiger partial charge in [-0.2, -0.15) is 0 Å². The van der Waals surface area contributed by atoms with Crippen LogP contribution in [-0.4, -0.2) is 60.2 Å². The number of rotatable bonds is 9. The number of imide groups is 1. The molecule has 0 radical (unpaired) electrons. The summed E-state index contributed by atoms with van der Waals surface area (Å²) in [5.41, 5.74) is 1.95. The van der Waals surface area contributed by atoms with E-state index in [1.54, 1.807) is 29.2 Å². The van der Waals surface area contributed by atoms with Gasteiger partial charge in [-0.3, -0.25) is 9.59 Å². The molecular weight excluding hydrogens is 482 g/mol. The number of nitrogens with one attached hydrogen (secondary N) is 1. The van der Waals surface area contributed by atoms with Crippen molar-refractivity contribution in [2.45, 2.75) is 65.6 Å². The van der Waals surface area contributed by atoms with Gasteiger partial charge in [-0.15, -0.1) is 0 Å². The van der Waals surface area contributed by atoms with Gasteiger partial charge in [-0.25, -0.2) is 9.69 Å². The molecule has 0 aliphatic carbocycles. The molecule has 0 spiro atoms. The van der Waals surface area contributed by atoms with Crippen molar-refractivity contribution in [2.24, 2.45) is 5.41 Å². The number of ether oxygens (including phenoxy) is 2. The van der Waals surface area contributed by atoms with Crippen LogP contribution in [-0.2, 0) is 9.53 Å². The number of morpholine rings is 1. The molecule has 0 aromatic heterocycles. The van der Waals surface area contributed by atoms with E-state index in [0.29, 0.717) is 50.5 Å². The third-order valence-corrected chi connectivity index (χ3v) is 7.83. The first kappa shape index (κ1) is 27.6. The fourth-order valence-electron chi connectivity index (χ4n) is 5.28. The Morgan fingerprint density at radius 2 is 1.66 bits per heavy atom. The van der Waals surface area contributed by atoms with Crippen molar-refractivity contribution in [3.8, 4) is 5.75 Å². The van der Waals surface area contributed by atoms with Crippen molar-refractivity contribution in [3.05, 3.63) is 65.2 Å². The van der Waals surface area contributed by atoms with Crippen molar-refractivity contribution in [3.63, 3.8) is 0 Å². The van der Waals surface area contributed by atoms with Gasteiger partial charge < -0.3 is 19.7 Å². The number of nitrogens with zero attached hydrogens (tertiary/aromatic N) is 2. The van der Waals surface area contributed by atoms with Gasteiger partial charge in [0.05, 0.1) is 19.3 Å². The van der Waals surface area contributed by atoms with E-state index in [4.69, 9.17) is 9.47 Å². The Hall–Kier alpha value is -3.39. The van der Waals surface area contributed by atoms with Crippen LogP contribution < -0.4 is 10.1 Å². The number of carbonyl (C=O) groups excluding carboxylic acids is 3. The highest BCUT2D eigenvalue weighted by Gasteiger charge is 2.63. The molecule has 204 valence electrons. The zero-order chi connectivity index (χ0) is 27.3. The van der Waals surface area contributed by atoms with E-state index in [9.17, 15) is 14.4 Å².